The molecule has 0 radical (unpaired) electrons. The van der Waals surface area contributed by atoms with Crippen LogP contribution in [0.1, 0.15) is 12.8 Å². The maximum absolute atomic E-state index is 13.5. The van der Waals surface area contributed by atoms with Gasteiger partial charge in [-0.1, -0.05) is 30.3 Å². The number of nitrogens with one attached hydrogen (secondary N) is 3. The number of rotatable bonds is 9. The molecule has 7 nitrogen and oxygen atoms in total. The van der Waals surface area contributed by atoms with Crippen LogP contribution in [0.15, 0.2) is 59.5 Å². The molecule has 3 N–H and O–H groups in total. The van der Waals surface area contributed by atoms with Gasteiger partial charge in [0, 0.05) is 13.0 Å². The van der Waals surface area contributed by atoms with Crippen molar-refractivity contribution in [2.24, 2.45) is 0 Å². The van der Waals surface area contributed by atoms with Crippen LogP contribution in [0.3, 0.4) is 0 Å². The summed E-state index contributed by atoms with van der Waals surface area (Å²) in [6.45, 7) is -0.533. The highest BCUT2D eigenvalue weighted by atomic mass is 32.2. The molecule has 174 valence electrons. The molecule has 0 aliphatic carbocycles. The normalized spacial score (nSPS) is 11.4. The number of hydrogen-bond acceptors (Lipinski definition) is 4. The summed E-state index contributed by atoms with van der Waals surface area (Å²) in [6, 6.07) is 13.6. The highest BCUT2D eigenvalue weighted by Gasteiger charge is 2.16. The van der Waals surface area contributed by atoms with Gasteiger partial charge in [0.05, 0.1) is 17.1 Å². The third-order valence-corrected chi connectivity index (χ3v) is 6.12. The first kappa shape index (κ1) is 24.2. The van der Waals surface area contributed by atoms with E-state index in [1.807, 2.05) is 17.4 Å². The Morgan fingerprint density at radius 2 is 1.58 bits per heavy atom. The summed E-state index contributed by atoms with van der Waals surface area (Å²) in [5.74, 6) is -6.04. The summed E-state index contributed by atoms with van der Waals surface area (Å²) in [5, 5.41) is 5.99. The van der Waals surface area contributed by atoms with Gasteiger partial charge in [0.25, 0.3) is 0 Å². The predicted octanol–water partition coefficient (Wildman–Crippen LogP) is 3.07. The second-order valence-electron chi connectivity index (χ2n) is 7.06. The zero-order valence-electron chi connectivity index (χ0n) is 17.2. The molecule has 0 unspecified atom stereocenters. The number of fused-ring (bicyclic) bond motifs is 1. The number of carbonyl (C=O) groups excluding carboxylic acids is 2. The second kappa shape index (κ2) is 10.5. The van der Waals surface area contributed by atoms with Crippen molar-refractivity contribution in [2.45, 2.75) is 17.7 Å². The molecule has 0 heterocycles. The van der Waals surface area contributed by atoms with Gasteiger partial charge < -0.3 is 10.6 Å². The molecule has 0 spiro atoms. The number of benzene rings is 3. The topological polar surface area (TPSA) is 104 Å². The summed E-state index contributed by atoms with van der Waals surface area (Å²) in [7, 11) is -3.76. The Labute approximate surface area is 188 Å². The van der Waals surface area contributed by atoms with E-state index in [0.29, 0.717) is 6.07 Å². The lowest BCUT2D eigenvalue weighted by Gasteiger charge is -2.09. The molecule has 0 aliphatic heterocycles. The van der Waals surface area contributed by atoms with E-state index in [1.54, 1.807) is 24.3 Å². The van der Waals surface area contributed by atoms with E-state index >= 15 is 0 Å². The average Bonchev–Trinajstić information content (AvgIpc) is 2.80. The van der Waals surface area contributed by atoms with Gasteiger partial charge in [-0.2, -0.15) is 0 Å². The van der Waals surface area contributed by atoms with Crippen molar-refractivity contribution in [3.63, 3.8) is 0 Å². The monoisotopic (exact) mass is 479 g/mol. The lowest BCUT2D eigenvalue weighted by atomic mass is 10.1. The van der Waals surface area contributed by atoms with Crippen LogP contribution in [0.4, 0.5) is 18.9 Å². The molecule has 0 atom stereocenters. The molecular formula is C22H20F3N3O4S. The molecule has 0 saturated carbocycles. The second-order valence-corrected chi connectivity index (χ2v) is 8.83. The summed E-state index contributed by atoms with van der Waals surface area (Å²) in [5.41, 5.74) is -0.559. The van der Waals surface area contributed by atoms with Crippen molar-refractivity contribution in [2.75, 3.05) is 18.4 Å². The third kappa shape index (κ3) is 6.30. The summed E-state index contributed by atoms with van der Waals surface area (Å²) in [4.78, 5) is 23.7. The molecule has 0 aromatic heterocycles. The van der Waals surface area contributed by atoms with E-state index in [0.717, 1.165) is 16.8 Å². The molecule has 0 aliphatic rings. The SMILES string of the molecule is O=C(CCCNS(=O)(=O)c1ccc2ccccc2c1)NCC(=O)Nc1ccc(F)c(F)c1F. The quantitative estimate of drug-likeness (QED) is 0.324. The molecule has 3 rings (SSSR count). The lowest BCUT2D eigenvalue weighted by Crippen LogP contribution is -2.33. The number of amides is 2. The van der Waals surface area contributed by atoms with Gasteiger partial charge in [0.1, 0.15) is 0 Å². The zero-order chi connectivity index (χ0) is 24.0. The van der Waals surface area contributed by atoms with Gasteiger partial charge in [0.2, 0.25) is 21.8 Å². The van der Waals surface area contributed by atoms with Crippen molar-refractivity contribution in [3.8, 4) is 0 Å². The van der Waals surface area contributed by atoms with Gasteiger partial charge in [-0.3, -0.25) is 9.59 Å². The van der Waals surface area contributed by atoms with Crippen LogP contribution in [0.2, 0.25) is 0 Å². The van der Waals surface area contributed by atoms with Gasteiger partial charge in [-0.05, 0) is 41.5 Å². The minimum absolute atomic E-state index is 0.00511. The van der Waals surface area contributed by atoms with Crippen LogP contribution < -0.4 is 15.4 Å². The van der Waals surface area contributed by atoms with Crippen molar-refractivity contribution in [3.05, 3.63) is 72.0 Å². The molecule has 0 fully saturated rings. The Bertz CT molecular complexity index is 1300. The summed E-state index contributed by atoms with van der Waals surface area (Å²) in [6.07, 6.45) is 0.0884. The van der Waals surface area contributed by atoms with Gasteiger partial charge in [-0.25, -0.2) is 26.3 Å². The van der Waals surface area contributed by atoms with Gasteiger partial charge in [0.15, 0.2) is 17.5 Å². The minimum Gasteiger partial charge on any atom is -0.347 e. The standard InChI is InChI=1S/C22H20F3N3O4S/c23-17-9-10-18(22(25)21(17)24)28-20(30)13-26-19(29)6-3-11-27-33(31,32)16-8-7-14-4-1-2-5-15(14)12-16/h1-2,4-5,7-10,12,27H,3,6,11,13H2,(H,26,29)(H,28,30). The highest BCUT2D eigenvalue weighted by Crippen LogP contribution is 2.20. The average molecular weight is 479 g/mol. The molecule has 0 saturated heterocycles. The smallest absolute Gasteiger partial charge is 0.243 e. The van der Waals surface area contributed by atoms with Crippen molar-refractivity contribution >= 4 is 38.3 Å². The van der Waals surface area contributed by atoms with Crippen LogP contribution >= 0.6 is 0 Å². The molecule has 3 aromatic rings. The highest BCUT2D eigenvalue weighted by molar-refractivity contribution is 7.89. The number of hydrogen-bond donors (Lipinski definition) is 3. The Kier molecular flexibility index (Phi) is 7.67. The fourth-order valence-electron chi connectivity index (χ4n) is 2.96. The van der Waals surface area contributed by atoms with E-state index < -0.39 is 51.5 Å². The Balaban J connectivity index is 1.42. The molecule has 11 heteroatoms. The first-order chi connectivity index (χ1) is 15.7. The van der Waals surface area contributed by atoms with Crippen molar-refractivity contribution in [1.82, 2.24) is 10.0 Å². The van der Waals surface area contributed by atoms with Crippen molar-refractivity contribution < 1.29 is 31.2 Å². The first-order valence-corrected chi connectivity index (χ1v) is 11.3. The molecular weight excluding hydrogens is 459 g/mol. The van der Waals surface area contributed by atoms with E-state index in [4.69, 9.17) is 0 Å². The van der Waals surface area contributed by atoms with E-state index in [2.05, 4.69) is 10.0 Å². The van der Waals surface area contributed by atoms with E-state index in [-0.39, 0.29) is 24.3 Å². The van der Waals surface area contributed by atoms with Crippen LogP contribution in [0.5, 0.6) is 0 Å². The van der Waals surface area contributed by atoms with E-state index in [9.17, 15) is 31.2 Å². The maximum atomic E-state index is 13.5. The Morgan fingerprint density at radius 1 is 0.848 bits per heavy atom. The largest absolute Gasteiger partial charge is 0.347 e. The number of carbonyl (C=O) groups is 2. The number of sulfonamides is 1. The third-order valence-electron chi connectivity index (χ3n) is 4.66. The number of halogens is 3. The predicted molar refractivity (Wildman–Crippen MR) is 116 cm³/mol. The van der Waals surface area contributed by atoms with Gasteiger partial charge >= 0.3 is 0 Å². The summed E-state index contributed by atoms with van der Waals surface area (Å²) < 4.78 is 66.9. The van der Waals surface area contributed by atoms with E-state index in [1.165, 1.54) is 6.07 Å². The fraction of sp³-hybridized carbons (Fsp3) is 0.182. The minimum atomic E-state index is -3.76. The van der Waals surface area contributed by atoms with Gasteiger partial charge in [-0.15, -0.1) is 0 Å². The Morgan fingerprint density at radius 3 is 2.33 bits per heavy atom. The molecule has 33 heavy (non-hydrogen) atoms. The van der Waals surface area contributed by atoms with Crippen LogP contribution in [0, 0.1) is 17.5 Å². The molecule has 0 bridgehead atoms. The fourth-order valence-corrected chi connectivity index (χ4v) is 4.07. The molecule has 2 amide bonds. The first-order valence-electron chi connectivity index (χ1n) is 9.86. The van der Waals surface area contributed by atoms with Crippen LogP contribution in [-0.2, 0) is 19.6 Å². The van der Waals surface area contributed by atoms with Crippen LogP contribution in [0.25, 0.3) is 10.8 Å². The van der Waals surface area contributed by atoms with Crippen molar-refractivity contribution in [1.29, 1.82) is 0 Å². The summed E-state index contributed by atoms with van der Waals surface area (Å²) >= 11 is 0. The lowest BCUT2D eigenvalue weighted by molar-refractivity contribution is -0.124. The number of anilines is 1. The zero-order valence-corrected chi connectivity index (χ0v) is 18.0. The maximum Gasteiger partial charge on any atom is 0.243 e. The van der Waals surface area contributed by atoms with Crippen LogP contribution in [-0.4, -0.2) is 33.3 Å². The molecule has 3 aromatic carbocycles. The Hall–Kier alpha value is -3.44.